The molecule has 2 rings (SSSR count). The van der Waals surface area contributed by atoms with Gasteiger partial charge in [0.2, 0.25) is 0 Å². The molecule has 3 nitrogen and oxygen atoms in total. The Labute approximate surface area is 99.0 Å². The molecular weight excluding hydrogens is 216 g/mol. The van der Waals surface area contributed by atoms with Crippen LogP contribution in [0.2, 0.25) is 0 Å². The first-order valence-corrected chi connectivity index (χ1v) is 5.23. The van der Waals surface area contributed by atoms with Gasteiger partial charge in [-0.2, -0.15) is 0 Å². The first-order valence-electron chi connectivity index (χ1n) is 5.23. The topological polar surface area (TPSA) is 57.5 Å². The second-order valence-electron chi connectivity index (χ2n) is 3.71. The van der Waals surface area contributed by atoms with Crippen LogP contribution in [-0.4, -0.2) is 16.5 Å². The average Bonchev–Trinajstić information content (AvgIpc) is 2.38. The molecule has 0 saturated heterocycles. The number of aliphatic hydroxyl groups excluding tert-OH is 1. The predicted octanol–water partition coefficient (Wildman–Crippen LogP) is 2.36. The Kier molecular flexibility index (Phi) is 3.21. The molecule has 0 bridgehead atoms. The van der Waals surface area contributed by atoms with Crippen LogP contribution in [0.1, 0.15) is 15.9 Å². The van der Waals surface area contributed by atoms with Crippen molar-refractivity contribution in [3.63, 3.8) is 0 Å². The van der Waals surface area contributed by atoms with Gasteiger partial charge in [-0.1, -0.05) is 30.3 Å². The summed E-state index contributed by atoms with van der Waals surface area (Å²) in [7, 11) is 0. The van der Waals surface area contributed by atoms with E-state index in [0.29, 0.717) is 6.29 Å². The summed E-state index contributed by atoms with van der Waals surface area (Å²) in [5, 5.41) is 18.9. The number of rotatable bonds is 3. The van der Waals surface area contributed by atoms with Gasteiger partial charge >= 0.3 is 0 Å². The number of aldehydes is 1. The Bertz CT molecular complexity index is 547. The number of carbonyl (C=O) groups excluding carboxylic acids is 1. The predicted molar refractivity (Wildman–Crippen MR) is 64.9 cm³/mol. The molecule has 0 spiro atoms. The van der Waals surface area contributed by atoms with Gasteiger partial charge in [-0.05, 0) is 28.8 Å². The molecule has 17 heavy (non-hydrogen) atoms. The quantitative estimate of drug-likeness (QED) is 0.793. The van der Waals surface area contributed by atoms with Crippen LogP contribution >= 0.6 is 0 Å². The first-order chi connectivity index (χ1) is 8.26. The minimum absolute atomic E-state index is 0.0507. The molecule has 0 radical (unpaired) electrons. The molecule has 0 aliphatic carbocycles. The molecule has 2 aromatic rings. The Morgan fingerprint density at radius 2 is 1.88 bits per heavy atom. The molecule has 2 N–H and O–H groups in total. The van der Waals surface area contributed by atoms with Gasteiger partial charge in [0, 0.05) is 0 Å². The SMILES string of the molecule is O=Cc1ccc(-c2ccccc2CO)cc1O. The second-order valence-corrected chi connectivity index (χ2v) is 3.71. The van der Waals surface area contributed by atoms with Crippen molar-refractivity contribution in [2.24, 2.45) is 0 Å². The molecule has 0 saturated carbocycles. The summed E-state index contributed by atoms with van der Waals surface area (Å²) in [5.41, 5.74) is 2.67. The van der Waals surface area contributed by atoms with Crippen LogP contribution in [0.5, 0.6) is 5.75 Å². The highest BCUT2D eigenvalue weighted by Crippen LogP contribution is 2.28. The highest BCUT2D eigenvalue weighted by molar-refractivity contribution is 5.82. The van der Waals surface area contributed by atoms with Gasteiger partial charge in [-0.15, -0.1) is 0 Å². The Morgan fingerprint density at radius 3 is 2.53 bits per heavy atom. The molecule has 0 heterocycles. The zero-order valence-corrected chi connectivity index (χ0v) is 9.13. The molecule has 0 amide bonds. The normalized spacial score (nSPS) is 10.2. The summed E-state index contributed by atoms with van der Waals surface area (Å²) in [4.78, 5) is 10.6. The number of hydrogen-bond acceptors (Lipinski definition) is 3. The van der Waals surface area contributed by atoms with Crippen LogP contribution in [0.25, 0.3) is 11.1 Å². The maximum Gasteiger partial charge on any atom is 0.153 e. The van der Waals surface area contributed by atoms with E-state index < -0.39 is 0 Å². The lowest BCUT2D eigenvalue weighted by molar-refractivity contribution is 0.112. The average molecular weight is 228 g/mol. The van der Waals surface area contributed by atoms with E-state index in [4.69, 9.17) is 0 Å². The van der Waals surface area contributed by atoms with Crippen LogP contribution in [0.3, 0.4) is 0 Å². The van der Waals surface area contributed by atoms with E-state index in [1.165, 1.54) is 6.07 Å². The first kappa shape index (κ1) is 11.4. The zero-order valence-electron chi connectivity index (χ0n) is 9.13. The highest BCUT2D eigenvalue weighted by Gasteiger charge is 2.06. The molecule has 0 aliphatic rings. The number of aromatic hydroxyl groups is 1. The van der Waals surface area contributed by atoms with Crippen LogP contribution < -0.4 is 0 Å². The molecule has 0 atom stereocenters. The third-order valence-electron chi connectivity index (χ3n) is 2.66. The minimum atomic E-state index is -0.0631. The zero-order chi connectivity index (χ0) is 12.3. The van der Waals surface area contributed by atoms with Crippen LogP contribution in [0.4, 0.5) is 0 Å². The molecule has 2 aromatic carbocycles. The van der Waals surface area contributed by atoms with Crippen molar-refractivity contribution in [2.45, 2.75) is 6.61 Å². The number of benzene rings is 2. The summed E-state index contributed by atoms with van der Waals surface area (Å²) in [6.07, 6.45) is 0.608. The fourth-order valence-corrected chi connectivity index (χ4v) is 1.75. The van der Waals surface area contributed by atoms with Gasteiger partial charge in [0.1, 0.15) is 5.75 Å². The summed E-state index contributed by atoms with van der Waals surface area (Å²) in [6, 6.07) is 12.2. The number of aliphatic hydroxyl groups is 1. The number of phenols is 1. The van der Waals surface area contributed by atoms with Crippen LogP contribution in [-0.2, 0) is 6.61 Å². The number of hydrogen-bond donors (Lipinski definition) is 2. The summed E-state index contributed by atoms with van der Waals surface area (Å²) in [5.74, 6) is -0.0507. The number of carbonyl (C=O) groups is 1. The molecule has 0 aromatic heterocycles. The van der Waals surface area contributed by atoms with Crippen LogP contribution in [0, 0.1) is 0 Å². The van der Waals surface area contributed by atoms with E-state index in [9.17, 15) is 15.0 Å². The largest absolute Gasteiger partial charge is 0.507 e. The lowest BCUT2D eigenvalue weighted by Gasteiger charge is -2.08. The summed E-state index contributed by atoms with van der Waals surface area (Å²) >= 11 is 0. The van der Waals surface area contributed by atoms with Crippen molar-refractivity contribution in [1.29, 1.82) is 0 Å². The van der Waals surface area contributed by atoms with Crippen molar-refractivity contribution < 1.29 is 15.0 Å². The van der Waals surface area contributed by atoms with Crippen molar-refractivity contribution >= 4 is 6.29 Å². The van der Waals surface area contributed by atoms with E-state index in [1.807, 2.05) is 24.3 Å². The molecule has 0 fully saturated rings. The third kappa shape index (κ3) is 2.19. The summed E-state index contributed by atoms with van der Waals surface area (Å²) < 4.78 is 0. The lowest BCUT2D eigenvalue weighted by Crippen LogP contribution is -1.89. The Morgan fingerprint density at radius 1 is 1.12 bits per heavy atom. The number of phenolic OH excluding ortho intramolecular Hbond substituents is 1. The maximum absolute atomic E-state index is 10.6. The third-order valence-corrected chi connectivity index (χ3v) is 2.66. The van der Waals surface area contributed by atoms with Crippen molar-refractivity contribution in [3.8, 4) is 16.9 Å². The maximum atomic E-state index is 10.6. The van der Waals surface area contributed by atoms with Gasteiger partial charge < -0.3 is 10.2 Å². The fourth-order valence-electron chi connectivity index (χ4n) is 1.75. The molecular formula is C14H12O3. The van der Waals surface area contributed by atoms with E-state index in [1.54, 1.807) is 12.1 Å². The van der Waals surface area contributed by atoms with E-state index >= 15 is 0 Å². The molecule has 3 heteroatoms. The minimum Gasteiger partial charge on any atom is -0.507 e. The van der Waals surface area contributed by atoms with E-state index in [2.05, 4.69) is 0 Å². The molecule has 0 unspecified atom stereocenters. The smallest absolute Gasteiger partial charge is 0.153 e. The monoisotopic (exact) mass is 228 g/mol. The van der Waals surface area contributed by atoms with Crippen LogP contribution in [0.15, 0.2) is 42.5 Å². The molecule has 0 aliphatic heterocycles. The van der Waals surface area contributed by atoms with Crippen molar-refractivity contribution in [2.75, 3.05) is 0 Å². The van der Waals surface area contributed by atoms with Crippen molar-refractivity contribution in [3.05, 3.63) is 53.6 Å². The summed E-state index contributed by atoms with van der Waals surface area (Å²) in [6.45, 7) is -0.0631. The fraction of sp³-hybridized carbons (Fsp3) is 0.0714. The highest BCUT2D eigenvalue weighted by atomic mass is 16.3. The Balaban J connectivity index is 2.53. The van der Waals surface area contributed by atoms with Gasteiger partial charge in [0.15, 0.2) is 6.29 Å². The van der Waals surface area contributed by atoms with Gasteiger partial charge in [0.25, 0.3) is 0 Å². The Hall–Kier alpha value is -2.13. The van der Waals surface area contributed by atoms with Gasteiger partial charge in [-0.25, -0.2) is 0 Å². The second kappa shape index (κ2) is 4.80. The standard InChI is InChI=1S/C14H12O3/c15-8-11-3-1-2-4-13(11)10-5-6-12(9-16)14(17)7-10/h1-7,9,15,17H,8H2. The lowest BCUT2D eigenvalue weighted by atomic mass is 9.99. The van der Waals surface area contributed by atoms with E-state index in [-0.39, 0.29) is 17.9 Å². The van der Waals surface area contributed by atoms with Gasteiger partial charge in [-0.3, -0.25) is 4.79 Å². The van der Waals surface area contributed by atoms with E-state index in [0.717, 1.165) is 16.7 Å². The molecule has 86 valence electrons. The van der Waals surface area contributed by atoms with Crippen molar-refractivity contribution in [1.82, 2.24) is 0 Å². The van der Waals surface area contributed by atoms with Gasteiger partial charge in [0.05, 0.1) is 12.2 Å².